The molecule has 14 heteroatoms. The average Bonchev–Trinajstić information content (AvgIpc) is 3.08. The number of carbonyl (C=O) groups is 3. The predicted molar refractivity (Wildman–Crippen MR) is 176 cm³/mol. The molecule has 0 spiro atoms. The molecular formula is C35H47N3O11. The number of Topliss-reactive ketones (excluding diaryl/α,β-unsaturated/α-hetero) is 1. The van der Waals surface area contributed by atoms with E-state index in [2.05, 4.69) is 10.6 Å². The normalized spacial score (nSPS) is 26.2. The summed E-state index contributed by atoms with van der Waals surface area (Å²) in [5.41, 5.74) is 1.98. The smallest absolute Gasteiger partial charge is 0.202 e. The molecule has 3 aliphatic rings. The van der Waals surface area contributed by atoms with E-state index in [1.807, 2.05) is 0 Å². The molecule has 1 fully saturated rings. The van der Waals surface area contributed by atoms with Gasteiger partial charge in [-0.1, -0.05) is 12.1 Å². The summed E-state index contributed by atoms with van der Waals surface area (Å²) in [5, 5.41) is 62.1. The standard InChI is InChI=1S/C35H47N3O11/c1-18-30(41)21(38-13-6-5-12-37-11-4-3-10-36)14-25(48-18)49-23-16-35(46,24(40)17-39)15-20-27(23)34(45)29-28(32(20)43)31(42)19-8-7-9-22(47-2)26(19)33(29)44/h7-9,18,21,23,25,30,37-39,41,43,45-46H,3-6,10-17,36H2,1-2H3/t18?,21-,23?,25+,30+,35+/m1/s1. The Balaban J connectivity index is 1.42. The van der Waals surface area contributed by atoms with Crippen molar-refractivity contribution in [2.75, 3.05) is 39.9 Å². The molecule has 2 aromatic carbocycles. The maximum Gasteiger partial charge on any atom is 0.202 e. The molecule has 1 heterocycles. The van der Waals surface area contributed by atoms with Crippen molar-refractivity contribution >= 4 is 17.3 Å². The number of nitrogens with two attached hydrogens (primary N) is 1. The van der Waals surface area contributed by atoms with Gasteiger partial charge in [-0.15, -0.1) is 0 Å². The van der Waals surface area contributed by atoms with Gasteiger partial charge in [0.1, 0.15) is 29.5 Å². The highest BCUT2D eigenvalue weighted by molar-refractivity contribution is 6.31. The first kappa shape index (κ1) is 36.8. The van der Waals surface area contributed by atoms with Crippen molar-refractivity contribution in [2.45, 2.75) is 88.1 Å². The van der Waals surface area contributed by atoms with E-state index in [4.69, 9.17) is 19.9 Å². The second-order valence-electron chi connectivity index (χ2n) is 13.0. The first-order valence-corrected chi connectivity index (χ1v) is 16.8. The Kier molecular flexibility index (Phi) is 11.7. The summed E-state index contributed by atoms with van der Waals surface area (Å²) in [6.07, 6.45) is -0.999. The van der Waals surface area contributed by atoms with Crippen LogP contribution in [0, 0.1) is 0 Å². The van der Waals surface area contributed by atoms with Crippen LogP contribution < -0.4 is 21.1 Å². The molecule has 0 bridgehead atoms. The van der Waals surface area contributed by atoms with Gasteiger partial charge in [0.2, 0.25) is 5.78 Å². The molecule has 2 unspecified atom stereocenters. The number of fused-ring (bicyclic) bond motifs is 3. The third kappa shape index (κ3) is 7.23. The van der Waals surface area contributed by atoms with Crippen molar-refractivity contribution in [2.24, 2.45) is 5.73 Å². The van der Waals surface area contributed by atoms with Crippen LogP contribution in [0.3, 0.4) is 0 Å². The van der Waals surface area contributed by atoms with E-state index in [9.17, 15) is 39.9 Å². The number of ketones is 3. The fourth-order valence-electron chi connectivity index (χ4n) is 7.10. The Morgan fingerprint density at radius 1 is 1.04 bits per heavy atom. The highest BCUT2D eigenvalue weighted by Crippen LogP contribution is 2.52. The van der Waals surface area contributed by atoms with Gasteiger partial charge in [0.25, 0.3) is 0 Å². The molecule has 9 N–H and O–H groups in total. The van der Waals surface area contributed by atoms with Crippen LogP contribution in [-0.4, -0.2) is 113 Å². The number of hydrogen-bond donors (Lipinski definition) is 8. The van der Waals surface area contributed by atoms with Crippen LogP contribution in [0.1, 0.15) is 94.5 Å². The number of aliphatic hydroxyl groups is 3. The average molecular weight is 686 g/mol. The van der Waals surface area contributed by atoms with Gasteiger partial charge in [0.15, 0.2) is 17.9 Å². The predicted octanol–water partition coefficient (Wildman–Crippen LogP) is 0.741. The number of aliphatic hydroxyl groups excluding tert-OH is 2. The monoisotopic (exact) mass is 685 g/mol. The number of hydrogen-bond acceptors (Lipinski definition) is 14. The SMILES string of the molecule is COc1cccc2c1C(=O)c1c(O)c3c(c(O)c1C2=O)C[C@@](O)(C(=O)CO)CC3O[C@H]1C[C@@H](NCCCCNCCCCN)[C@@H](O)C(C)O1. The van der Waals surface area contributed by atoms with Crippen LogP contribution in [0.4, 0.5) is 0 Å². The quantitative estimate of drug-likeness (QED) is 0.0815. The molecule has 0 saturated carbocycles. The first-order valence-electron chi connectivity index (χ1n) is 16.8. The fourth-order valence-corrected chi connectivity index (χ4v) is 7.10. The van der Waals surface area contributed by atoms with E-state index in [0.29, 0.717) is 13.1 Å². The Morgan fingerprint density at radius 2 is 1.73 bits per heavy atom. The zero-order valence-corrected chi connectivity index (χ0v) is 27.9. The molecule has 2 aliphatic carbocycles. The lowest BCUT2D eigenvalue weighted by Gasteiger charge is -2.43. The third-order valence-corrected chi connectivity index (χ3v) is 9.76. The van der Waals surface area contributed by atoms with Crippen molar-refractivity contribution in [3.63, 3.8) is 0 Å². The summed E-state index contributed by atoms with van der Waals surface area (Å²) >= 11 is 0. The number of benzene rings is 2. The van der Waals surface area contributed by atoms with Crippen LogP contribution in [0.25, 0.3) is 0 Å². The summed E-state index contributed by atoms with van der Waals surface area (Å²) in [5.74, 6) is -3.69. The fraction of sp³-hybridized carbons (Fsp3) is 0.571. The number of phenolic OH excluding ortho intramolecular Hbond substituents is 2. The molecule has 14 nitrogen and oxygen atoms in total. The summed E-state index contributed by atoms with van der Waals surface area (Å²) in [6.45, 7) is 3.71. The molecule has 5 rings (SSSR count). The number of aromatic hydroxyl groups is 2. The lowest BCUT2D eigenvalue weighted by molar-refractivity contribution is -0.249. The first-order chi connectivity index (χ1) is 23.5. The van der Waals surface area contributed by atoms with Gasteiger partial charge in [-0.2, -0.15) is 0 Å². The van der Waals surface area contributed by atoms with Gasteiger partial charge >= 0.3 is 0 Å². The van der Waals surface area contributed by atoms with Crippen molar-refractivity contribution in [1.82, 2.24) is 10.6 Å². The van der Waals surface area contributed by atoms with Crippen molar-refractivity contribution in [1.29, 1.82) is 0 Å². The molecule has 1 saturated heterocycles. The number of carbonyl (C=O) groups excluding carboxylic acids is 3. The number of methoxy groups -OCH3 is 1. The van der Waals surface area contributed by atoms with Gasteiger partial charge < -0.3 is 56.1 Å². The van der Waals surface area contributed by atoms with Crippen LogP contribution in [-0.2, 0) is 20.7 Å². The van der Waals surface area contributed by atoms with Crippen LogP contribution in [0.2, 0.25) is 0 Å². The highest BCUT2D eigenvalue weighted by atomic mass is 16.7. The summed E-state index contributed by atoms with van der Waals surface area (Å²) in [4.78, 5) is 40.4. The zero-order chi connectivity index (χ0) is 35.5. The Bertz CT molecular complexity index is 1570. The number of nitrogens with one attached hydrogen (secondary N) is 2. The lowest BCUT2D eigenvalue weighted by atomic mass is 9.72. The Labute approximate surface area is 284 Å². The van der Waals surface area contributed by atoms with E-state index < -0.39 is 95.7 Å². The zero-order valence-electron chi connectivity index (χ0n) is 27.9. The minimum Gasteiger partial charge on any atom is -0.507 e. The van der Waals surface area contributed by atoms with Crippen LogP contribution >= 0.6 is 0 Å². The molecule has 49 heavy (non-hydrogen) atoms. The maximum absolute atomic E-state index is 13.9. The molecule has 0 amide bonds. The Morgan fingerprint density at radius 3 is 2.43 bits per heavy atom. The molecular weight excluding hydrogens is 638 g/mol. The molecule has 268 valence electrons. The second kappa shape index (κ2) is 15.6. The minimum absolute atomic E-state index is 0.0442. The molecule has 2 aromatic rings. The van der Waals surface area contributed by atoms with Crippen molar-refractivity contribution in [3.05, 3.63) is 51.6 Å². The van der Waals surface area contributed by atoms with E-state index >= 15 is 0 Å². The van der Waals surface area contributed by atoms with Gasteiger partial charge in [-0.3, -0.25) is 14.4 Å². The topological polar surface area (TPSA) is 230 Å². The molecule has 0 aromatic heterocycles. The number of ether oxygens (including phenoxy) is 3. The minimum atomic E-state index is -2.25. The van der Waals surface area contributed by atoms with Crippen LogP contribution in [0.15, 0.2) is 18.2 Å². The van der Waals surface area contributed by atoms with E-state index in [-0.39, 0.29) is 34.4 Å². The number of unbranched alkanes of at least 4 members (excludes halogenated alkanes) is 2. The Hall–Kier alpha value is -3.47. The number of phenols is 2. The second-order valence-corrected chi connectivity index (χ2v) is 13.0. The molecule has 1 aliphatic heterocycles. The van der Waals surface area contributed by atoms with Gasteiger partial charge in [-0.25, -0.2) is 0 Å². The van der Waals surface area contributed by atoms with Gasteiger partial charge in [0.05, 0.1) is 42.1 Å². The highest BCUT2D eigenvalue weighted by Gasteiger charge is 2.50. The van der Waals surface area contributed by atoms with Gasteiger partial charge in [0, 0.05) is 42.0 Å². The largest absolute Gasteiger partial charge is 0.507 e. The summed E-state index contributed by atoms with van der Waals surface area (Å²) in [7, 11) is 1.34. The summed E-state index contributed by atoms with van der Waals surface area (Å²) < 4.78 is 17.6. The van der Waals surface area contributed by atoms with E-state index in [0.717, 1.165) is 38.8 Å². The van der Waals surface area contributed by atoms with E-state index in [1.54, 1.807) is 6.92 Å². The lowest BCUT2D eigenvalue weighted by Crippen LogP contribution is -2.54. The van der Waals surface area contributed by atoms with Gasteiger partial charge in [-0.05, 0) is 64.9 Å². The molecule has 0 radical (unpaired) electrons. The van der Waals surface area contributed by atoms with Crippen molar-refractivity contribution < 1.29 is 54.1 Å². The van der Waals surface area contributed by atoms with E-state index in [1.165, 1.54) is 25.3 Å². The maximum atomic E-state index is 13.9. The summed E-state index contributed by atoms with van der Waals surface area (Å²) in [6, 6.07) is 3.97. The van der Waals surface area contributed by atoms with Crippen LogP contribution in [0.5, 0.6) is 17.2 Å². The molecule has 6 atom stereocenters. The third-order valence-electron chi connectivity index (χ3n) is 9.76. The number of rotatable bonds is 15. The van der Waals surface area contributed by atoms with Crippen molar-refractivity contribution in [3.8, 4) is 17.2 Å².